The molecule has 2 aromatic heterocycles. The minimum Gasteiger partial charge on any atom is -0.478 e. The van der Waals surface area contributed by atoms with Gasteiger partial charge in [-0.1, -0.05) is 12.1 Å². The number of carboxylic acids is 1. The first-order chi connectivity index (χ1) is 15.5. The first-order valence-corrected chi connectivity index (χ1v) is 10.9. The molecule has 0 bridgehead atoms. The van der Waals surface area contributed by atoms with Crippen molar-refractivity contribution in [2.75, 3.05) is 11.9 Å². The molecule has 0 saturated heterocycles. The van der Waals surface area contributed by atoms with Gasteiger partial charge in [-0.15, -0.1) is 0 Å². The van der Waals surface area contributed by atoms with Crippen LogP contribution >= 0.6 is 11.3 Å². The van der Waals surface area contributed by atoms with Crippen molar-refractivity contribution in [2.24, 2.45) is 0 Å². The molecule has 3 aromatic rings. The van der Waals surface area contributed by atoms with E-state index in [0.29, 0.717) is 12.2 Å². The molecule has 0 saturated carbocycles. The monoisotopic (exact) mass is 452 g/mol. The Morgan fingerprint density at radius 1 is 1.25 bits per heavy atom. The molecule has 1 amide bonds. The molecule has 9 heteroatoms. The molecule has 1 aliphatic rings. The van der Waals surface area contributed by atoms with Crippen LogP contribution in [0.5, 0.6) is 0 Å². The van der Waals surface area contributed by atoms with Crippen molar-refractivity contribution < 1.29 is 19.1 Å². The van der Waals surface area contributed by atoms with Gasteiger partial charge in [0.15, 0.2) is 0 Å². The summed E-state index contributed by atoms with van der Waals surface area (Å²) < 4.78 is 13.4. The number of hydrogen-bond acceptors (Lipinski definition) is 6. The molecular formula is C23H21FN4O3S. The van der Waals surface area contributed by atoms with Crippen molar-refractivity contribution >= 4 is 28.9 Å². The molecule has 32 heavy (non-hydrogen) atoms. The third-order valence-corrected chi connectivity index (χ3v) is 5.88. The number of hydrogen-bond donors (Lipinski definition) is 2. The zero-order valence-electron chi connectivity index (χ0n) is 17.2. The number of likely N-dealkylation sites (N-methyl/N-ethyl adjacent to an activating group) is 1. The predicted molar refractivity (Wildman–Crippen MR) is 119 cm³/mol. The van der Waals surface area contributed by atoms with E-state index >= 15 is 0 Å². The topological polar surface area (TPSA) is 85.8 Å². The molecule has 164 valence electrons. The Balaban J connectivity index is 1.85. The van der Waals surface area contributed by atoms with Crippen molar-refractivity contribution in [1.29, 1.82) is 0 Å². The van der Waals surface area contributed by atoms with E-state index < -0.39 is 17.9 Å². The lowest BCUT2D eigenvalue weighted by molar-refractivity contribution is -0.156. The maximum atomic E-state index is 13.5. The fourth-order valence-electron chi connectivity index (χ4n) is 3.76. The highest BCUT2D eigenvalue weighted by atomic mass is 32.1. The summed E-state index contributed by atoms with van der Waals surface area (Å²) >= 11 is 1.45. The number of aromatic nitrogens is 1. The van der Waals surface area contributed by atoms with E-state index in [4.69, 9.17) is 0 Å². The van der Waals surface area contributed by atoms with Crippen molar-refractivity contribution in [3.05, 3.63) is 93.8 Å². The van der Waals surface area contributed by atoms with Gasteiger partial charge in [0.1, 0.15) is 11.5 Å². The third kappa shape index (κ3) is 4.25. The SMILES string of the molecule is CCN1C(=O)C(Nc2cccnc2)=C(C(=O)O)C(c2ccsc2)N1Cc1ccc(F)cc1. The van der Waals surface area contributed by atoms with Crippen LogP contribution in [0.3, 0.4) is 0 Å². The molecule has 1 aliphatic heterocycles. The Labute approximate surface area is 188 Å². The number of carbonyl (C=O) groups is 2. The van der Waals surface area contributed by atoms with Crippen LogP contribution in [0, 0.1) is 5.82 Å². The number of aliphatic carboxylic acids is 1. The number of anilines is 1. The van der Waals surface area contributed by atoms with Gasteiger partial charge >= 0.3 is 5.97 Å². The van der Waals surface area contributed by atoms with Crippen molar-refractivity contribution in [1.82, 2.24) is 15.0 Å². The lowest BCUT2D eigenvalue weighted by Crippen LogP contribution is -2.54. The minimum atomic E-state index is -1.19. The van der Waals surface area contributed by atoms with Crippen LogP contribution in [0.25, 0.3) is 0 Å². The van der Waals surface area contributed by atoms with Crippen LogP contribution in [0.15, 0.2) is 76.9 Å². The molecule has 0 spiro atoms. The summed E-state index contributed by atoms with van der Waals surface area (Å²) in [5.41, 5.74) is 1.97. The summed E-state index contributed by atoms with van der Waals surface area (Å²) in [6.07, 6.45) is 3.12. The van der Waals surface area contributed by atoms with Crippen LogP contribution in [0.4, 0.5) is 10.1 Å². The Bertz CT molecular complexity index is 1130. The average molecular weight is 453 g/mol. The molecular weight excluding hydrogens is 431 g/mol. The number of carboxylic acid groups (broad SMARTS) is 1. The van der Waals surface area contributed by atoms with E-state index in [-0.39, 0.29) is 23.6 Å². The predicted octanol–water partition coefficient (Wildman–Crippen LogP) is 4.05. The van der Waals surface area contributed by atoms with Gasteiger partial charge in [-0.2, -0.15) is 11.3 Å². The maximum absolute atomic E-state index is 13.5. The smallest absolute Gasteiger partial charge is 0.335 e. The van der Waals surface area contributed by atoms with E-state index in [1.807, 2.05) is 23.8 Å². The second-order valence-electron chi connectivity index (χ2n) is 7.16. The standard InChI is InChI=1S/C23H21FN4O3S/c1-2-27-22(29)20(26-18-4-3-10-25-12-18)19(23(30)31)21(16-9-11-32-14-16)28(27)13-15-5-7-17(24)8-6-15/h3-12,14,21,26H,2,13H2,1H3,(H,30,31). The molecule has 7 nitrogen and oxygen atoms in total. The molecule has 1 unspecified atom stereocenters. The van der Waals surface area contributed by atoms with E-state index in [1.54, 1.807) is 35.5 Å². The molecule has 1 atom stereocenters. The molecule has 0 fully saturated rings. The number of carbonyl (C=O) groups excluding carboxylic acids is 1. The second kappa shape index (κ2) is 9.29. The number of hydrazine groups is 1. The Kier molecular flexibility index (Phi) is 6.29. The summed E-state index contributed by atoms with van der Waals surface area (Å²) in [4.78, 5) is 30.0. The zero-order chi connectivity index (χ0) is 22.7. The van der Waals surface area contributed by atoms with Gasteiger partial charge < -0.3 is 10.4 Å². The number of halogens is 1. The normalized spacial score (nSPS) is 17.0. The zero-order valence-corrected chi connectivity index (χ0v) is 18.1. The first kappa shape index (κ1) is 21.7. The number of rotatable bonds is 7. The Morgan fingerprint density at radius 2 is 2.03 bits per heavy atom. The summed E-state index contributed by atoms with van der Waals surface area (Å²) in [5.74, 6) is -2.01. The number of nitrogens with zero attached hydrogens (tertiary/aromatic N) is 3. The van der Waals surface area contributed by atoms with Gasteiger partial charge in [0.05, 0.1) is 23.5 Å². The fourth-order valence-corrected chi connectivity index (χ4v) is 4.44. The van der Waals surface area contributed by atoms with Gasteiger partial charge in [-0.25, -0.2) is 14.2 Å². The summed E-state index contributed by atoms with van der Waals surface area (Å²) in [6, 6.07) is 10.5. The molecule has 0 radical (unpaired) electrons. The largest absolute Gasteiger partial charge is 0.478 e. The maximum Gasteiger partial charge on any atom is 0.335 e. The number of benzene rings is 1. The minimum absolute atomic E-state index is 0.00101. The van der Waals surface area contributed by atoms with Crippen molar-refractivity contribution in [2.45, 2.75) is 19.5 Å². The number of pyridine rings is 1. The molecule has 4 rings (SSSR count). The lowest BCUT2D eigenvalue weighted by atomic mass is 9.95. The van der Waals surface area contributed by atoms with E-state index in [0.717, 1.165) is 11.1 Å². The lowest BCUT2D eigenvalue weighted by Gasteiger charge is -2.44. The summed E-state index contributed by atoms with van der Waals surface area (Å²) in [5, 5.41) is 20.2. The number of amides is 1. The van der Waals surface area contributed by atoms with Gasteiger partial charge in [-0.05, 0) is 59.1 Å². The van der Waals surface area contributed by atoms with Crippen LogP contribution < -0.4 is 5.32 Å². The summed E-state index contributed by atoms with van der Waals surface area (Å²) in [6.45, 7) is 2.39. The molecule has 1 aromatic carbocycles. The highest BCUT2D eigenvalue weighted by molar-refractivity contribution is 7.08. The van der Waals surface area contributed by atoms with Gasteiger partial charge in [0, 0.05) is 19.3 Å². The van der Waals surface area contributed by atoms with E-state index in [9.17, 15) is 19.1 Å². The molecule has 3 heterocycles. The molecule has 0 aliphatic carbocycles. The summed E-state index contributed by atoms with van der Waals surface area (Å²) in [7, 11) is 0. The Morgan fingerprint density at radius 3 is 2.62 bits per heavy atom. The van der Waals surface area contributed by atoms with Gasteiger partial charge in [-0.3, -0.25) is 14.8 Å². The third-order valence-electron chi connectivity index (χ3n) is 5.18. The Hall–Kier alpha value is -3.56. The van der Waals surface area contributed by atoms with Crippen LogP contribution in [0.1, 0.15) is 24.1 Å². The number of thiophene rings is 1. The van der Waals surface area contributed by atoms with Crippen LogP contribution in [-0.4, -0.2) is 38.5 Å². The highest BCUT2D eigenvalue weighted by Gasteiger charge is 2.43. The van der Waals surface area contributed by atoms with Gasteiger partial charge in [0.2, 0.25) is 0 Å². The van der Waals surface area contributed by atoms with Crippen LogP contribution in [-0.2, 0) is 16.1 Å². The number of nitrogens with one attached hydrogen (secondary N) is 1. The second-order valence-corrected chi connectivity index (χ2v) is 7.94. The molecule has 2 N–H and O–H groups in total. The van der Waals surface area contributed by atoms with E-state index in [1.165, 1.54) is 34.7 Å². The van der Waals surface area contributed by atoms with Gasteiger partial charge in [0.25, 0.3) is 5.91 Å². The van der Waals surface area contributed by atoms with Crippen molar-refractivity contribution in [3.8, 4) is 0 Å². The van der Waals surface area contributed by atoms with Crippen LogP contribution in [0.2, 0.25) is 0 Å². The van der Waals surface area contributed by atoms with Crippen molar-refractivity contribution in [3.63, 3.8) is 0 Å². The fraction of sp³-hybridized carbons (Fsp3) is 0.174. The quantitative estimate of drug-likeness (QED) is 0.563. The van der Waals surface area contributed by atoms with E-state index in [2.05, 4.69) is 10.3 Å². The highest BCUT2D eigenvalue weighted by Crippen LogP contribution is 2.39. The first-order valence-electron chi connectivity index (χ1n) is 9.99. The average Bonchev–Trinajstić information content (AvgIpc) is 3.32.